The van der Waals surface area contributed by atoms with E-state index in [0.717, 1.165) is 20.6 Å². The van der Waals surface area contributed by atoms with Gasteiger partial charge in [0, 0.05) is 17.5 Å². The monoisotopic (exact) mass is 308 g/mol. The molecule has 3 rings (SSSR count). The molecule has 1 aromatic heterocycles. The van der Waals surface area contributed by atoms with Crippen molar-refractivity contribution in [2.24, 2.45) is 0 Å². The van der Waals surface area contributed by atoms with E-state index in [1.54, 1.807) is 6.07 Å². The van der Waals surface area contributed by atoms with Crippen molar-refractivity contribution < 1.29 is 8.78 Å². The number of fused-ring (bicyclic) bond motifs is 1. The topological polar surface area (TPSA) is 38.9 Å². The number of hydrogen-bond donors (Lipinski definition) is 1. The largest absolute Gasteiger partial charge is 0.399 e. The third-order valence-corrected chi connectivity index (χ3v) is 4.97. The number of thioether (sulfide) groups is 1. The maximum Gasteiger partial charge on any atom is 0.151 e. The predicted molar refractivity (Wildman–Crippen MR) is 80.0 cm³/mol. The van der Waals surface area contributed by atoms with Crippen LogP contribution >= 0.6 is 23.1 Å². The number of hydrogen-bond acceptors (Lipinski definition) is 4. The van der Waals surface area contributed by atoms with E-state index >= 15 is 0 Å². The third-order valence-electron chi connectivity index (χ3n) is 2.76. The fourth-order valence-electron chi connectivity index (χ4n) is 1.76. The summed E-state index contributed by atoms with van der Waals surface area (Å²) in [4.78, 5) is 4.45. The highest BCUT2D eigenvalue weighted by atomic mass is 32.2. The highest BCUT2D eigenvalue weighted by molar-refractivity contribution is 8.00. The lowest BCUT2D eigenvalue weighted by Gasteiger charge is -2.00. The Bertz CT molecular complexity index is 771. The molecule has 20 heavy (non-hydrogen) atoms. The highest BCUT2D eigenvalue weighted by Crippen LogP contribution is 2.32. The molecule has 1 heterocycles. The summed E-state index contributed by atoms with van der Waals surface area (Å²) < 4.78 is 28.2. The van der Waals surface area contributed by atoms with Crippen LogP contribution in [0.2, 0.25) is 0 Å². The first kappa shape index (κ1) is 13.3. The molecule has 0 spiro atoms. The van der Waals surface area contributed by atoms with Gasteiger partial charge in [0.1, 0.15) is 11.6 Å². The van der Waals surface area contributed by atoms with Crippen LogP contribution in [0.15, 0.2) is 40.7 Å². The minimum Gasteiger partial charge on any atom is -0.399 e. The Morgan fingerprint density at radius 1 is 1.15 bits per heavy atom. The molecule has 2 aromatic carbocycles. The number of nitrogens with two attached hydrogens (primary N) is 1. The Balaban J connectivity index is 1.79. The minimum atomic E-state index is -0.563. The minimum absolute atomic E-state index is 0.418. The number of anilines is 1. The number of rotatable bonds is 3. The lowest BCUT2D eigenvalue weighted by Crippen LogP contribution is -1.88. The first-order valence-electron chi connectivity index (χ1n) is 5.84. The number of thiazole rings is 1. The normalized spacial score (nSPS) is 11.1. The van der Waals surface area contributed by atoms with Crippen LogP contribution in [0.4, 0.5) is 14.5 Å². The molecule has 0 unspecified atom stereocenters. The summed E-state index contributed by atoms with van der Waals surface area (Å²) in [6.45, 7) is 0. The number of halogens is 2. The van der Waals surface area contributed by atoms with Crippen molar-refractivity contribution >= 4 is 39.0 Å². The molecule has 0 atom stereocenters. The van der Waals surface area contributed by atoms with E-state index < -0.39 is 11.6 Å². The molecule has 2 N–H and O–H groups in total. The Morgan fingerprint density at radius 2 is 2.00 bits per heavy atom. The molecule has 102 valence electrons. The van der Waals surface area contributed by atoms with Crippen LogP contribution in [-0.2, 0) is 5.75 Å². The fourth-order valence-corrected chi connectivity index (χ4v) is 3.86. The molecule has 0 saturated carbocycles. The Labute approximate surface area is 122 Å². The van der Waals surface area contributed by atoms with E-state index in [4.69, 9.17) is 5.73 Å². The van der Waals surface area contributed by atoms with Crippen molar-refractivity contribution in [3.63, 3.8) is 0 Å². The molecule has 0 aliphatic rings. The van der Waals surface area contributed by atoms with E-state index in [2.05, 4.69) is 4.98 Å². The quantitative estimate of drug-likeness (QED) is 0.574. The molecule has 0 amide bonds. The zero-order chi connectivity index (χ0) is 14.1. The standard InChI is InChI=1S/C14H10F2N2S2/c15-9-2-1-8(11(16)5-9)7-19-14-18-12-4-3-10(17)6-13(12)20-14/h1-6H,7,17H2. The van der Waals surface area contributed by atoms with Crippen LogP contribution in [0.1, 0.15) is 5.56 Å². The van der Waals surface area contributed by atoms with Crippen LogP contribution < -0.4 is 5.73 Å². The van der Waals surface area contributed by atoms with Gasteiger partial charge in [0.15, 0.2) is 4.34 Å². The lowest BCUT2D eigenvalue weighted by molar-refractivity contribution is 0.576. The van der Waals surface area contributed by atoms with E-state index in [9.17, 15) is 8.78 Å². The summed E-state index contributed by atoms with van der Waals surface area (Å²) in [7, 11) is 0. The van der Waals surface area contributed by atoms with E-state index in [1.165, 1.54) is 35.2 Å². The Kier molecular flexibility index (Phi) is 3.58. The third kappa shape index (κ3) is 2.76. The maximum absolute atomic E-state index is 13.5. The van der Waals surface area contributed by atoms with Gasteiger partial charge in [0.25, 0.3) is 0 Å². The molecule has 3 aromatic rings. The van der Waals surface area contributed by atoms with Crippen molar-refractivity contribution in [1.82, 2.24) is 4.98 Å². The zero-order valence-corrected chi connectivity index (χ0v) is 11.9. The first-order valence-corrected chi connectivity index (χ1v) is 7.65. The van der Waals surface area contributed by atoms with Gasteiger partial charge in [0.2, 0.25) is 0 Å². The molecule has 0 bridgehead atoms. The smallest absolute Gasteiger partial charge is 0.151 e. The molecule has 0 aliphatic carbocycles. The Morgan fingerprint density at radius 3 is 2.80 bits per heavy atom. The SMILES string of the molecule is Nc1ccc2nc(SCc3ccc(F)cc3F)sc2c1. The van der Waals surface area contributed by atoms with Gasteiger partial charge in [-0.25, -0.2) is 13.8 Å². The molecular weight excluding hydrogens is 298 g/mol. The predicted octanol–water partition coefficient (Wildman–Crippen LogP) is 4.45. The Hall–Kier alpha value is -1.66. The molecule has 0 aliphatic heterocycles. The average molecular weight is 308 g/mol. The van der Waals surface area contributed by atoms with Gasteiger partial charge in [-0.05, 0) is 29.8 Å². The van der Waals surface area contributed by atoms with Gasteiger partial charge in [-0.3, -0.25) is 0 Å². The average Bonchev–Trinajstić information content (AvgIpc) is 2.79. The van der Waals surface area contributed by atoms with Gasteiger partial charge in [-0.1, -0.05) is 17.8 Å². The number of benzene rings is 2. The summed E-state index contributed by atoms with van der Waals surface area (Å²) >= 11 is 2.94. The van der Waals surface area contributed by atoms with E-state index in [0.29, 0.717) is 17.0 Å². The summed E-state index contributed by atoms with van der Waals surface area (Å²) in [5, 5.41) is 0. The number of nitrogen functional groups attached to an aromatic ring is 1. The summed E-state index contributed by atoms with van der Waals surface area (Å²) in [5.74, 6) is -0.670. The van der Waals surface area contributed by atoms with Gasteiger partial charge in [0.05, 0.1) is 10.2 Å². The second-order valence-corrected chi connectivity index (χ2v) is 6.48. The summed E-state index contributed by atoms with van der Waals surface area (Å²) in [5.41, 5.74) is 7.76. The molecule has 6 heteroatoms. The summed E-state index contributed by atoms with van der Waals surface area (Å²) in [6.07, 6.45) is 0. The highest BCUT2D eigenvalue weighted by Gasteiger charge is 2.08. The molecular formula is C14H10F2N2S2. The maximum atomic E-state index is 13.5. The van der Waals surface area contributed by atoms with Crippen LogP contribution in [-0.4, -0.2) is 4.98 Å². The van der Waals surface area contributed by atoms with Gasteiger partial charge in [-0.2, -0.15) is 0 Å². The zero-order valence-electron chi connectivity index (χ0n) is 10.3. The second-order valence-electron chi connectivity index (χ2n) is 4.23. The van der Waals surface area contributed by atoms with Crippen molar-refractivity contribution in [3.05, 3.63) is 53.6 Å². The molecule has 0 saturated heterocycles. The van der Waals surface area contributed by atoms with E-state index in [1.807, 2.05) is 12.1 Å². The van der Waals surface area contributed by atoms with Crippen molar-refractivity contribution in [3.8, 4) is 0 Å². The molecule has 0 radical (unpaired) electrons. The van der Waals surface area contributed by atoms with Crippen LogP contribution in [0.3, 0.4) is 0 Å². The van der Waals surface area contributed by atoms with Crippen LogP contribution in [0, 0.1) is 11.6 Å². The van der Waals surface area contributed by atoms with Crippen LogP contribution in [0.25, 0.3) is 10.2 Å². The van der Waals surface area contributed by atoms with Crippen molar-refractivity contribution in [2.75, 3.05) is 5.73 Å². The molecule has 0 fully saturated rings. The van der Waals surface area contributed by atoms with Crippen molar-refractivity contribution in [1.29, 1.82) is 0 Å². The number of aromatic nitrogens is 1. The van der Waals surface area contributed by atoms with Gasteiger partial charge < -0.3 is 5.73 Å². The summed E-state index contributed by atoms with van der Waals surface area (Å²) in [6, 6.07) is 9.16. The van der Waals surface area contributed by atoms with Crippen molar-refractivity contribution in [2.45, 2.75) is 10.1 Å². The number of nitrogens with zero attached hydrogens (tertiary/aromatic N) is 1. The van der Waals surface area contributed by atoms with Crippen LogP contribution in [0.5, 0.6) is 0 Å². The van der Waals surface area contributed by atoms with Gasteiger partial charge in [-0.15, -0.1) is 11.3 Å². The first-order chi connectivity index (χ1) is 9.61. The second kappa shape index (κ2) is 5.38. The van der Waals surface area contributed by atoms with E-state index in [-0.39, 0.29) is 0 Å². The fraction of sp³-hybridized carbons (Fsp3) is 0.0714. The van der Waals surface area contributed by atoms with Gasteiger partial charge >= 0.3 is 0 Å². The lowest BCUT2D eigenvalue weighted by atomic mass is 10.2. The molecule has 2 nitrogen and oxygen atoms in total.